The summed E-state index contributed by atoms with van der Waals surface area (Å²) in [6, 6.07) is 13.8. The number of rotatable bonds is 12. The summed E-state index contributed by atoms with van der Waals surface area (Å²) in [5.74, 6) is 1.51. The summed E-state index contributed by atoms with van der Waals surface area (Å²) in [5, 5.41) is 6.49. The molecule has 4 N–H and O–H groups in total. The second-order valence-corrected chi connectivity index (χ2v) is 23.1. The molecule has 8 atom stereocenters. The number of ether oxygens (including phenoxy) is 4. The molecule has 2 saturated carbocycles. The highest BCUT2D eigenvalue weighted by Gasteiger charge is 2.57. The first kappa shape index (κ1) is 48.2. The molecule has 4 amide bonds. The number of benzene rings is 2. The number of piperidine rings is 1. The molecular formula is C55H62FN9O8S. The fourth-order valence-electron chi connectivity index (χ4n) is 12.2. The van der Waals surface area contributed by atoms with Gasteiger partial charge in [0.1, 0.15) is 35.3 Å². The Morgan fingerprint density at radius 2 is 1.58 bits per heavy atom. The van der Waals surface area contributed by atoms with Crippen LogP contribution in [0.15, 0.2) is 60.9 Å². The topological polar surface area (TPSA) is 198 Å². The van der Waals surface area contributed by atoms with Crippen LogP contribution in [0, 0.1) is 23.6 Å². The number of aromatic amines is 2. The van der Waals surface area contributed by atoms with Gasteiger partial charge in [0, 0.05) is 40.6 Å². The Morgan fingerprint density at radius 3 is 2.31 bits per heavy atom. The number of carbonyl (C=O) groups is 4. The van der Waals surface area contributed by atoms with Crippen molar-refractivity contribution >= 4 is 46.2 Å². The van der Waals surface area contributed by atoms with Crippen LogP contribution in [0.3, 0.4) is 0 Å². The Hall–Kier alpha value is -6.73. The zero-order chi connectivity index (χ0) is 51.3. The first-order chi connectivity index (χ1) is 35.7. The number of aromatic nitrogens is 5. The van der Waals surface area contributed by atoms with E-state index in [-0.39, 0.29) is 41.8 Å². The van der Waals surface area contributed by atoms with Gasteiger partial charge in [-0.25, -0.2) is 23.9 Å². The molecule has 74 heavy (non-hydrogen) atoms. The molecule has 2 aromatic carbocycles. The average molecular weight is 1030 g/mol. The highest BCUT2D eigenvalue weighted by molar-refractivity contribution is 7.12. The molecule has 19 heteroatoms. The zero-order valence-electron chi connectivity index (χ0n) is 42.4. The molecule has 6 aromatic rings. The standard InChI is InChI=1S/C55H62FN9O8S/c1-27(2)46(61-53(68)70-5)50(66)63-16-7-8-38(63)48-57-26-36(60-48)31-19-34(56)45-40-21-32-18-29(11-12-37(32)65(40)52(73-42(45)23-31)44-14-13-43(74-44)28-9-10-28)35-25-58-49(59-35)41-22-33-20-39(33)64(41)51(67)47(62-54(69)71-6)30-15-17-72-55(3,4)24-30/h11-14,18-19,21,23,25-28,30,33,38-39,41,46-47,52H,7-10,15-17,20,22,24H2,1-6H3,(H,57,60)(H,58,59)(H,61,68)(H,62,69)/t30?,33-,38+,39-,41+,46+,47?,52?/m1/s1. The highest BCUT2D eigenvalue weighted by Crippen LogP contribution is 2.54. The van der Waals surface area contributed by atoms with Crippen molar-refractivity contribution in [2.75, 3.05) is 27.4 Å². The third-order valence-corrected chi connectivity index (χ3v) is 17.4. The first-order valence-electron chi connectivity index (χ1n) is 26.0. The first-order valence-corrected chi connectivity index (χ1v) is 26.8. The number of H-pyrrole nitrogens is 2. The summed E-state index contributed by atoms with van der Waals surface area (Å²) in [7, 11) is 2.59. The predicted octanol–water partition coefficient (Wildman–Crippen LogP) is 9.74. The number of halogens is 1. The second-order valence-electron chi connectivity index (χ2n) is 21.9. The zero-order valence-corrected chi connectivity index (χ0v) is 43.2. The fraction of sp³-hybridized carbons (Fsp3) is 0.491. The van der Waals surface area contributed by atoms with E-state index >= 15 is 4.39 Å². The number of carbonyl (C=O) groups excluding carboxylic acids is 4. The lowest BCUT2D eigenvalue weighted by molar-refractivity contribution is -0.140. The molecule has 0 spiro atoms. The van der Waals surface area contributed by atoms with Crippen molar-refractivity contribution in [3.8, 4) is 39.5 Å². The third kappa shape index (κ3) is 8.68. The molecule has 388 valence electrons. The van der Waals surface area contributed by atoms with E-state index in [4.69, 9.17) is 28.9 Å². The van der Waals surface area contributed by atoms with E-state index in [1.807, 2.05) is 57.0 Å². The largest absolute Gasteiger partial charge is 0.464 e. The van der Waals surface area contributed by atoms with Crippen molar-refractivity contribution < 1.29 is 42.5 Å². The van der Waals surface area contributed by atoms with Gasteiger partial charge in [-0.3, -0.25) is 14.2 Å². The molecule has 0 radical (unpaired) electrons. The number of methoxy groups -OCH3 is 2. The van der Waals surface area contributed by atoms with Gasteiger partial charge >= 0.3 is 12.2 Å². The van der Waals surface area contributed by atoms with E-state index in [1.54, 1.807) is 22.4 Å². The van der Waals surface area contributed by atoms with Gasteiger partial charge in [-0.05, 0) is 131 Å². The van der Waals surface area contributed by atoms with Crippen LogP contribution in [0.25, 0.3) is 44.7 Å². The van der Waals surface area contributed by atoms with Gasteiger partial charge < -0.3 is 49.3 Å². The van der Waals surface area contributed by atoms with Gasteiger partial charge in [0.15, 0.2) is 0 Å². The van der Waals surface area contributed by atoms with Crippen LogP contribution < -0.4 is 15.4 Å². The number of likely N-dealkylation sites (tertiary alicyclic amines) is 2. The van der Waals surface area contributed by atoms with Crippen LogP contribution >= 0.6 is 11.3 Å². The lowest BCUT2D eigenvalue weighted by Gasteiger charge is -2.40. The summed E-state index contributed by atoms with van der Waals surface area (Å²) in [6.07, 6.45) is 8.34. The van der Waals surface area contributed by atoms with Crippen LogP contribution in [0.1, 0.15) is 125 Å². The molecular weight excluding hydrogens is 966 g/mol. The fourth-order valence-corrected chi connectivity index (χ4v) is 13.4. The van der Waals surface area contributed by atoms with Crippen molar-refractivity contribution in [1.29, 1.82) is 0 Å². The van der Waals surface area contributed by atoms with E-state index in [9.17, 15) is 19.2 Å². The number of alkyl carbamates (subject to hydrolysis) is 2. The number of hydrogen-bond acceptors (Lipinski definition) is 11. The third-order valence-electron chi connectivity index (χ3n) is 16.2. The van der Waals surface area contributed by atoms with Crippen LogP contribution in [-0.4, -0.2) is 109 Å². The van der Waals surface area contributed by atoms with Gasteiger partial charge in [0.25, 0.3) is 0 Å². The normalized spacial score (nSPS) is 24.4. The van der Waals surface area contributed by atoms with Crippen molar-refractivity contribution in [3.63, 3.8) is 0 Å². The van der Waals surface area contributed by atoms with E-state index in [2.05, 4.69) is 49.4 Å². The van der Waals surface area contributed by atoms with Gasteiger partial charge in [0.2, 0.25) is 18.0 Å². The minimum atomic E-state index is -0.771. The highest BCUT2D eigenvalue weighted by atomic mass is 32.1. The Morgan fingerprint density at radius 1 is 0.851 bits per heavy atom. The second kappa shape index (κ2) is 18.6. The molecule has 6 aliphatic rings. The number of thiophene rings is 1. The van der Waals surface area contributed by atoms with Gasteiger partial charge in [-0.1, -0.05) is 19.9 Å². The van der Waals surface area contributed by atoms with Crippen LogP contribution in [-0.2, 0) is 23.8 Å². The SMILES string of the molecule is COC(=O)NC(C(=O)N1[C@@H]2C[C@@H]2C[C@H]1c1ncc(-c2ccc3c(c2)cc2n3C(c3ccc(C4CC4)s3)Oc3cc(-c4cnc([C@@H]5CCCN5C(=O)[C@@H](NC(=O)OC)C(C)C)[nH]4)cc(F)c3-2)[nH]1)C1CCOC(C)(C)C1. The summed E-state index contributed by atoms with van der Waals surface area (Å²) >= 11 is 1.73. The summed E-state index contributed by atoms with van der Waals surface area (Å²) in [4.78, 5) is 76.0. The summed E-state index contributed by atoms with van der Waals surface area (Å²) < 4.78 is 41.9. The lowest BCUT2D eigenvalue weighted by Crippen LogP contribution is -2.55. The van der Waals surface area contributed by atoms with Crippen molar-refractivity contribution in [3.05, 3.63) is 88.1 Å². The number of fused-ring (bicyclic) bond motifs is 6. The minimum absolute atomic E-state index is 0.0806. The van der Waals surface area contributed by atoms with Crippen LogP contribution in [0.5, 0.6) is 5.75 Å². The van der Waals surface area contributed by atoms with Crippen LogP contribution in [0.2, 0.25) is 0 Å². The van der Waals surface area contributed by atoms with Crippen molar-refractivity contribution in [2.45, 2.75) is 127 Å². The number of amides is 4. The molecule has 0 bridgehead atoms. The van der Waals surface area contributed by atoms with E-state index < -0.39 is 41.9 Å². The van der Waals surface area contributed by atoms with Gasteiger partial charge in [-0.15, -0.1) is 11.3 Å². The number of nitrogens with one attached hydrogen (secondary N) is 4. The molecule has 3 unspecified atom stereocenters. The monoisotopic (exact) mass is 1030 g/mol. The van der Waals surface area contributed by atoms with E-state index in [0.29, 0.717) is 84.2 Å². The maximum Gasteiger partial charge on any atom is 0.407 e. The number of imidazole rings is 2. The maximum absolute atomic E-state index is 17.0. The summed E-state index contributed by atoms with van der Waals surface area (Å²) in [5.41, 5.74) is 4.29. The lowest BCUT2D eigenvalue weighted by atomic mass is 9.82. The quantitative estimate of drug-likeness (QED) is 0.0916. The molecule has 4 aromatic heterocycles. The van der Waals surface area contributed by atoms with Gasteiger partial charge in [-0.2, -0.15) is 0 Å². The summed E-state index contributed by atoms with van der Waals surface area (Å²) in [6.45, 7) is 8.80. The smallest absolute Gasteiger partial charge is 0.407 e. The minimum Gasteiger partial charge on any atom is -0.464 e. The van der Waals surface area contributed by atoms with Gasteiger partial charge in [0.05, 0.1) is 77.3 Å². The molecule has 2 aliphatic carbocycles. The Labute approximate surface area is 431 Å². The molecule has 5 fully saturated rings. The van der Waals surface area contributed by atoms with E-state index in [0.717, 1.165) is 46.3 Å². The molecule has 17 nitrogen and oxygen atoms in total. The molecule has 12 rings (SSSR count). The maximum atomic E-state index is 17.0. The molecule has 4 aliphatic heterocycles. The number of nitrogens with zero attached hydrogens (tertiary/aromatic N) is 5. The average Bonchev–Trinajstić information content (AvgIpc) is 3.84. The van der Waals surface area contributed by atoms with E-state index in [1.165, 1.54) is 38.0 Å². The Kier molecular flexibility index (Phi) is 12.1. The Bertz CT molecular complexity index is 3190. The van der Waals surface area contributed by atoms with Crippen molar-refractivity contribution in [1.82, 2.24) is 44.9 Å². The van der Waals surface area contributed by atoms with Crippen molar-refractivity contribution in [2.24, 2.45) is 17.8 Å². The molecule has 8 heterocycles. The van der Waals surface area contributed by atoms with Crippen LogP contribution in [0.4, 0.5) is 14.0 Å². The Balaban J connectivity index is 0.849. The molecule has 3 saturated heterocycles. The predicted molar refractivity (Wildman–Crippen MR) is 274 cm³/mol. The number of hydrogen-bond donors (Lipinski definition) is 4.